The number of sulfonamides is 1. The van der Waals surface area contributed by atoms with Crippen LogP contribution in [0.1, 0.15) is 31.4 Å². The van der Waals surface area contributed by atoms with Crippen molar-refractivity contribution in [1.82, 2.24) is 9.21 Å². The van der Waals surface area contributed by atoms with Crippen LogP contribution in [0.5, 0.6) is 0 Å². The van der Waals surface area contributed by atoms with Crippen LogP contribution in [0.25, 0.3) is 5.57 Å². The van der Waals surface area contributed by atoms with E-state index in [0.717, 1.165) is 13.0 Å². The molecular weight excluding hydrogens is 410 g/mol. The van der Waals surface area contributed by atoms with Crippen molar-refractivity contribution < 1.29 is 13.2 Å². The van der Waals surface area contributed by atoms with Crippen molar-refractivity contribution in [3.8, 4) is 0 Å². The molecule has 0 saturated carbocycles. The summed E-state index contributed by atoms with van der Waals surface area (Å²) in [7, 11) is -3.59. The van der Waals surface area contributed by atoms with Crippen LogP contribution in [0.3, 0.4) is 0 Å². The van der Waals surface area contributed by atoms with E-state index in [-0.39, 0.29) is 17.3 Å². The van der Waals surface area contributed by atoms with E-state index in [1.165, 1.54) is 15.4 Å². The fourth-order valence-corrected chi connectivity index (χ4v) is 5.54. The highest BCUT2D eigenvalue weighted by Gasteiger charge is 2.24. The highest BCUT2D eigenvalue weighted by atomic mass is 32.2. The van der Waals surface area contributed by atoms with E-state index < -0.39 is 10.0 Å². The van der Waals surface area contributed by atoms with Gasteiger partial charge in [-0.25, -0.2) is 8.42 Å². The highest BCUT2D eigenvalue weighted by molar-refractivity contribution is 7.89. The standard InChI is InChI=1S/C24H31N3O3S/c1-4-27(5-2)31(29,30)23-17-22(12-11-19(23)3)25-24(28)18-26-15-13-21(14-16-26)20-9-7-6-8-10-20/h6-13,17H,4-5,14-16,18H2,1-3H3,(H,25,28). The number of carbonyl (C=O) groups excluding carboxylic acids is 1. The predicted molar refractivity (Wildman–Crippen MR) is 125 cm³/mol. The Hall–Kier alpha value is -2.48. The van der Waals surface area contributed by atoms with Gasteiger partial charge < -0.3 is 5.32 Å². The smallest absolute Gasteiger partial charge is 0.243 e. The summed E-state index contributed by atoms with van der Waals surface area (Å²) in [5.74, 6) is -0.147. The lowest BCUT2D eigenvalue weighted by Gasteiger charge is -2.26. The molecule has 1 heterocycles. The lowest BCUT2D eigenvalue weighted by atomic mass is 10.00. The van der Waals surface area contributed by atoms with Gasteiger partial charge in [0.25, 0.3) is 0 Å². The number of rotatable bonds is 8. The number of aryl methyl sites for hydroxylation is 1. The molecular formula is C24H31N3O3S. The first kappa shape index (κ1) is 23.2. The van der Waals surface area contributed by atoms with Crippen LogP contribution >= 0.6 is 0 Å². The maximum absolute atomic E-state index is 12.9. The van der Waals surface area contributed by atoms with E-state index in [0.29, 0.717) is 30.9 Å². The molecule has 0 fully saturated rings. The van der Waals surface area contributed by atoms with Crippen molar-refractivity contribution in [3.05, 3.63) is 65.7 Å². The lowest BCUT2D eigenvalue weighted by Crippen LogP contribution is -2.36. The lowest BCUT2D eigenvalue weighted by molar-refractivity contribution is -0.117. The minimum atomic E-state index is -3.59. The van der Waals surface area contributed by atoms with Gasteiger partial charge in [0, 0.05) is 31.9 Å². The Morgan fingerprint density at radius 2 is 1.81 bits per heavy atom. The van der Waals surface area contributed by atoms with Gasteiger partial charge in [-0.1, -0.05) is 56.3 Å². The summed E-state index contributed by atoms with van der Waals surface area (Å²) in [6.07, 6.45) is 3.07. The minimum Gasteiger partial charge on any atom is -0.325 e. The van der Waals surface area contributed by atoms with E-state index in [4.69, 9.17) is 0 Å². The highest BCUT2D eigenvalue weighted by Crippen LogP contribution is 2.24. The second kappa shape index (κ2) is 10.2. The largest absolute Gasteiger partial charge is 0.325 e. The van der Waals surface area contributed by atoms with Gasteiger partial charge in [-0.15, -0.1) is 0 Å². The first-order valence-corrected chi connectivity index (χ1v) is 12.2. The van der Waals surface area contributed by atoms with Crippen LogP contribution in [0, 0.1) is 6.92 Å². The second-order valence-electron chi connectivity index (χ2n) is 7.70. The Labute approximate surface area is 185 Å². The molecule has 0 unspecified atom stereocenters. The third-order valence-corrected chi connectivity index (χ3v) is 7.79. The maximum Gasteiger partial charge on any atom is 0.243 e. The number of hydrogen-bond acceptors (Lipinski definition) is 4. The fraction of sp³-hybridized carbons (Fsp3) is 0.375. The Morgan fingerprint density at radius 1 is 1.10 bits per heavy atom. The van der Waals surface area contributed by atoms with Crippen LogP contribution in [-0.2, 0) is 14.8 Å². The molecule has 166 valence electrons. The van der Waals surface area contributed by atoms with E-state index in [1.807, 2.05) is 32.0 Å². The van der Waals surface area contributed by atoms with Gasteiger partial charge in [-0.3, -0.25) is 9.69 Å². The van der Waals surface area contributed by atoms with Crippen molar-refractivity contribution in [3.63, 3.8) is 0 Å². The zero-order valence-corrected chi connectivity index (χ0v) is 19.3. The number of carbonyl (C=O) groups is 1. The average molecular weight is 442 g/mol. The summed E-state index contributed by atoms with van der Waals surface area (Å²) in [4.78, 5) is 14.9. The summed E-state index contributed by atoms with van der Waals surface area (Å²) in [6.45, 7) is 8.01. The molecule has 0 radical (unpaired) electrons. The van der Waals surface area contributed by atoms with Gasteiger partial charge in [-0.05, 0) is 42.2 Å². The molecule has 0 bridgehead atoms. The molecule has 0 aliphatic carbocycles. The average Bonchev–Trinajstić information content (AvgIpc) is 2.76. The van der Waals surface area contributed by atoms with Gasteiger partial charge in [0.15, 0.2) is 0 Å². The number of hydrogen-bond donors (Lipinski definition) is 1. The third kappa shape index (κ3) is 5.61. The Balaban J connectivity index is 1.65. The molecule has 1 aliphatic rings. The van der Waals surface area contributed by atoms with Crippen molar-refractivity contribution >= 4 is 27.2 Å². The van der Waals surface area contributed by atoms with Gasteiger partial charge >= 0.3 is 0 Å². The molecule has 1 N–H and O–H groups in total. The number of anilines is 1. The number of nitrogens with one attached hydrogen (secondary N) is 1. The van der Waals surface area contributed by atoms with E-state index in [2.05, 4.69) is 28.4 Å². The summed E-state index contributed by atoms with van der Waals surface area (Å²) >= 11 is 0. The first-order valence-electron chi connectivity index (χ1n) is 10.7. The normalized spacial score (nSPS) is 15.0. The Morgan fingerprint density at radius 3 is 2.42 bits per heavy atom. The Bertz CT molecular complexity index is 1040. The van der Waals surface area contributed by atoms with E-state index in [9.17, 15) is 13.2 Å². The number of benzene rings is 2. The van der Waals surface area contributed by atoms with Gasteiger partial charge in [0.05, 0.1) is 11.4 Å². The molecule has 1 amide bonds. The molecule has 6 nitrogen and oxygen atoms in total. The molecule has 31 heavy (non-hydrogen) atoms. The van der Waals surface area contributed by atoms with E-state index >= 15 is 0 Å². The summed E-state index contributed by atoms with van der Waals surface area (Å²) in [5, 5.41) is 2.86. The number of amides is 1. The summed E-state index contributed by atoms with van der Waals surface area (Å²) in [6, 6.07) is 15.3. The topological polar surface area (TPSA) is 69.7 Å². The molecule has 2 aromatic carbocycles. The maximum atomic E-state index is 12.9. The summed E-state index contributed by atoms with van der Waals surface area (Å²) in [5.41, 5.74) is 3.70. The van der Waals surface area contributed by atoms with Gasteiger partial charge in [0.2, 0.25) is 15.9 Å². The van der Waals surface area contributed by atoms with Crippen LogP contribution in [0.4, 0.5) is 5.69 Å². The van der Waals surface area contributed by atoms with Crippen molar-refractivity contribution in [2.75, 3.05) is 38.0 Å². The third-order valence-electron chi connectivity index (χ3n) is 5.60. The molecule has 7 heteroatoms. The van der Waals surface area contributed by atoms with Crippen LogP contribution in [0.2, 0.25) is 0 Å². The van der Waals surface area contributed by atoms with Crippen molar-refractivity contribution in [2.24, 2.45) is 0 Å². The van der Waals surface area contributed by atoms with Gasteiger partial charge in [-0.2, -0.15) is 4.31 Å². The van der Waals surface area contributed by atoms with Crippen LogP contribution < -0.4 is 5.32 Å². The quantitative estimate of drug-likeness (QED) is 0.677. The molecule has 0 aromatic heterocycles. The Kier molecular flexibility index (Phi) is 7.64. The molecule has 0 saturated heterocycles. The summed E-state index contributed by atoms with van der Waals surface area (Å²) < 4.78 is 27.3. The molecule has 0 atom stereocenters. The predicted octanol–water partition coefficient (Wildman–Crippen LogP) is 3.75. The van der Waals surface area contributed by atoms with Crippen LogP contribution in [0.15, 0.2) is 59.5 Å². The second-order valence-corrected chi connectivity index (χ2v) is 9.60. The van der Waals surface area contributed by atoms with Gasteiger partial charge in [0.1, 0.15) is 0 Å². The molecule has 2 aromatic rings. The molecule has 1 aliphatic heterocycles. The van der Waals surface area contributed by atoms with Crippen molar-refractivity contribution in [2.45, 2.75) is 32.1 Å². The zero-order chi connectivity index (χ0) is 22.4. The van der Waals surface area contributed by atoms with E-state index in [1.54, 1.807) is 25.1 Å². The zero-order valence-electron chi connectivity index (χ0n) is 18.5. The first-order chi connectivity index (χ1) is 14.8. The minimum absolute atomic E-state index is 0.147. The number of nitrogens with zero attached hydrogens (tertiary/aromatic N) is 2. The monoisotopic (exact) mass is 441 g/mol. The fourth-order valence-electron chi connectivity index (χ4n) is 3.83. The SMILES string of the molecule is CCN(CC)S(=O)(=O)c1cc(NC(=O)CN2CC=C(c3ccccc3)CC2)ccc1C. The molecule has 3 rings (SSSR count). The van der Waals surface area contributed by atoms with Crippen LogP contribution in [-0.4, -0.2) is 56.3 Å². The molecule has 0 spiro atoms. The van der Waals surface area contributed by atoms with Crippen molar-refractivity contribution in [1.29, 1.82) is 0 Å².